The van der Waals surface area contributed by atoms with Crippen LogP contribution in [0.3, 0.4) is 0 Å². The van der Waals surface area contributed by atoms with E-state index in [4.69, 9.17) is 4.74 Å². The van der Waals surface area contributed by atoms with Gasteiger partial charge in [-0.2, -0.15) is 0 Å². The summed E-state index contributed by atoms with van der Waals surface area (Å²) < 4.78 is 29.6. The van der Waals surface area contributed by atoms with Crippen LogP contribution in [0.25, 0.3) is 0 Å². The maximum absolute atomic E-state index is 11.5. The van der Waals surface area contributed by atoms with Crippen LogP contribution >= 0.6 is 0 Å². The van der Waals surface area contributed by atoms with Crippen LogP contribution in [0.15, 0.2) is 0 Å². The van der Waals surface area contributed by atoms with Crippen molar-refractivity contribution >= 4 is 10.0 Å². The lowest BCUT2D eigenvalue weighted by Crippen LogP contribution is -2.42. The van der Waals surface area contributed by atoms with Gasteiger partial charge in [-0.25, -0.2) is 12.7 Å². The fourth-order valence-electron chi connectivity index (χ4n) is 2.47. The molecule has 1 fully saturated rings. The van der Waals surface area contributed by atoms with Gasteiger partial charge in [-0.1, -0.05) is 0 Å². The highest BCUT2D eigenvalue weighted by Crippen LogP contribution is 2.17. The highest BCUT2D eigenvalue weighted by molar-refractivity contribution is 7.88. The molecule has 19 heavy (non-hydrogen) atoms. The van der Waals surface area contributed by atoms with E-state index < -0.39 is 10.0 Å². The first-order valence-electron chi connectivity index (χ1n) is 7.19. The van der Waals surface area contributed by atoms with Crippen molar-refractivity contribution in [2.24, 2.45) is 5.92 Å². The summed E-state index contributed by atoms with van der Waals surface area (Å²) in [5.74, 6) is 0.461. The molecule has 1 unspecified atom stereocenters. The van der Waals surface area contributed by atoms with Crippen LogP contribution in [-0.2, 0) is 14.8 Å². The smallest absolute Gasteiger partial charge is 0.211 e. The molecule has 1 rings (SSSR count). The van der Waals surface area contributed by atoms with Gasteiger partial charge in [-0.05, 0) is 51.1 Å². The average Bonchev–Trinajstić information content (AvgIpc) is 2.37. The number of ether oxygens (including phenoxy) is 1. The van der Waals surface area contributed by atoms with Crippen molar-refractivity contribution in [1.29, 1.82) is 0 Å². The van der Waals surface area contributed by atoms with Crippen LogP contribution in [0.2, 0.25) is 0 Å². The molecule has 0 aromatic rings. The summed E-state index contributed by atoms with van der Waals surface area (Å²) in [7, 11) is -1.28. The Kier molecular flexibility index (Phi) is 7.90. The molecule has 1 saturated heterocycles. The minimum atomic E-state index is -3.01. The maximum atomic E-state index is 11.5. The van der Waals surface area contributed by atoms with Crippen LogP contribution in [0.1, 0.15) is 32.1 Å². The van der Waals surface area contributed by atoms with Crippen molar-refractivity contribution in [3.8, 4) is 0 Å². The van der Waals surface area contributed by atoms with E-state index in [1.807, 2.05) is 0 Å². The predicted molar refractivity (Wildman–Crippen MR) is 77.7 cm³/mol. The van der Waals surface area contributed by atoms with Crippen molar-refractivity contribution in [3.05, 3.63) is 0 Å². The van der Waals surface area contributed by atoms with E-state index in [2.05, 4.69) is 5.32 Å². The lowest BCUT2D eigenvalue weighted by Gasteiger charge is -2.31. The second-order valence-electron chi connectivity index (χ2n) is 5.39. The van der Waals surface area contributed by atoms with Crippen LogP contribution in [0.4, 0.5) is 0 Å². The predicted octanol–water partition coefficient (Wildman–Crippen LogP) is 1.06. The first kappa shape index (κ1) is 16.9. The highest BCUT2D eigenvalue weighted by Gasteiger charge is 2.25. The Hall–Kier alpha value is -0.170. The molecular weight excluding hydrogens is 264 g/mol. The minimum absolute atomic E-state index is 0.461. The number of sulfonamides is 1. The zero-order chi connectivity index (χ0) is 14.1. The molecule has 1 atom stereocenters. The van der Waals surface area contributed by atoms with E-state index in [1.54, 1.807) is 11.4 Å². The van der Waals surface area contributed by atoms with Gasteiger partial charge in [-0.3, -0.25) is 0 Å². The van der Waals surface area contributed by atoms with Gasteiger partial charge >= 0.3 is 0 Å². The molecule has 0 aromatic carbocycles. The number of methoxy groups -OCH3 is 1. The molecule has 1 aliphatic rings. The van der Waals surface area contributed by atoms with Crippen LogP contribution in [-0.4, -0.2) is 58.9 Å². The second kappa shape index (κ2) is 8.89. The van der Waals surface area contributed by atoms with Gasteiger partial charge < -0.3 is 10.1 Å². The molecule has 1 heterocycles. The highest BCUT2D eigenvalue weighted by atomic mass is 32.2. The molecular formula is C13H28N2O3S. The van der Waals surface area contributed by atoms with E-state index >= 15 is 0 Å². The van der Waals surface area contributed by atoms with Gasteiger partial charge in [0.25, 0.3) is 0 Å². The van der Waals surface area contributed by atoms with Crippen LogP contribution < -0.4 is 5.32 Å². The fraction of sp³-hybridized carbons (Fsp3) is 1.00. The van der Waals surface area contributed by atoms with Gasteiger partial charge in [0.15, 0.2) is 0 Å². The van der Waals surface area contributed by atoms with Crippen molar-refractivity contribution in [3.63, 3.8) is 0 Å². The number of nitrogens with zero attached hydrogens (tertiary/aromatic N) is 1. The lowest BCUT2D eigenvalue weighted by atomic mass is 10.00. The Morgan fingerprint density at radius 1 is 1.32 bits per heavy atom. The monoisotopic (exact) mass is 292 g/mol. The quantitative estimate of drug-likeness (QED) is 0.646. The summed E-state index contributed by atoms with van der Waals surface area (Å²) in [5, 5.41) is 3.44. The van der Waals surface area contributed by atoms with E-state index in [0.29, 0.717) is 19.0 Å². The second-order valence-corrected chi connectivity index (χ2v) is 7.37. The SMILES string of the molecule is COCCCCCNCC1CCCN(S(C)(=O)=O)C1. The largest absolute Gasteiger partial charge is 0.385 e. The first-order valence-corrected chi connectivity index (χ1v) is 9.03. The van der Waals surface area contributed by atoms with Gasteiger partial charge in [0, 0.05) is 26.8 Å². The normalized spacial score (nSPS) is 21.7. The minimum Gasteiger partial charge on any atom is -0.385 e. The number of unbranched alkanes of at least 4 members (excludes halogenated alkanes) is 2. The fourth-order valence-corrected chi connectivity index (χ4v) is 3.42. The van der Waals surface area contributed by atoms with Crippen molar-refractivity contribution in [1.82, 2.24) is 9.62 Å². The third-order valence-corrected chi connectivity index (χ3v) is 4.86. The lowest BCUT2D eigenvalue weighted by molar-refractivity contribution is 0.192. The number of piperidine rings is 1. The Balaban J connectivity index is 2.09. The van der Waals surface area contributed by atoms with Crippen molar-refractivity contribution < 1.29 is 13.2 Å². The number of nitrogens with one attached hydrogen (secondary N) is 1. The number of hydrogen-bond acceptors (Lipinski definition) is 4. The molecule has 0 aliphatic carbocycles. The summed E-state index contributed by atoms with van der Waals surface area (Å²) in [6, 6.07) is 0. The third-order valence-electron chi connectivity index (χ3n) is 3.59. The summed E-state index contributed by atoms with van der Waals surface area (Å²) in [6.45, 7) is 4.14. The molecule has 5 nitrogen and oxygen atoms in total. The summed E-state index contributed by atoms with van der Waals surface area (Å²) >= 11 is 0. The summed E-state index contributed by atoms with van der Waals surface area (Å²) in [4.78, 5) is 0. The molecule has 0 bridgehead atoms. The molecule has 0 spiro atoms. The average molecular weight is 292 g/mol. The molecule has 1 N–H and O–H groups in total. The summed E-state index contributed by atoms with van der Waals surface area (Å²) in [5.41, 5.74) is 0. The number of hydrogen-bond donors (Lipinski definition) is 1. The van der Waals surface area contributed by atoms with Crippen molar-refractivity contribution in [2.45, 2.75) is 32.1 Å². The standard InChI is InChI=1S/C13H28N2O3S/c1-18-10-5-3-4-8-14-11-13-7-6-9-15(12-13)19(2,16)17/h13-14H,3-12H2,1-2H3. The molecule has 114 valence electrons. The van der Waals surface area contributed by atoms with Crippen molar-refractivity contribution in [2.75, 3.05) is 46.2 Å². The molecule has 0 amide bonds. The topological polar surface area (TPSA) is 58.6 Å². The van der Waals surface area contributed by atoms with Gasteiger partial charge in [0.05, 0.1) is 6.26 Å². The molecule has 0 aromatic heterocycles. The first-order chi connectivity index (χ1) is 9.04. The third kappa shape index (κ3) is 7.25. The summed E-state index contributed by atoms with van der Waals surface area (Å²) in [6.07, 6.45) is 6.87. The van der Waals surface area contributed by atoms with Gasteiger partial charge in [0.1, 0.15) is 0 Å². The molecule has 1 aliphatic heterocycles. The zero-order valence-corrected chi connectivity index (χ0v) is 13.0. The Bertz CT molecular complexity index is 333. The van der Waals surface area contributed by atoms with Crippen LogP contribution in [0.5, 0.6) is 0 Å². The molecule has 0 saturated carbocycles. The Morgan fingerprint density at radius 2 is 2.11 bits per heavy atom. The van der Waals surface area contributed by atoms with E-state index in [1.165, 1.54) is 12.7 Å². The molecule has 6 heteroatoms. The zero-order valence-electron chi connectivity index (χ0n) is 12.2. The van der Waals surface area contributed by atoms with Gasteiger partial charge in [-0.15, -0.1) is 0 Å². The van der Waals surface area contributed by atoms with E-state index in [0.717, 1.165) is 45.4 Å². The van der Waals surface area contributed by atoms with E-state index in [-0.39, 0.29) is 0 Å². The molecule has 0 radical (unpaired) electrons. The Labute approximate surface area is 117 Å². The van der Waals surface area contributed by atoms with Crippen LogP contribution in [0, 0.1) is 5.92 Å². The Morgan fingerprint density at radius 3 is 2.79 bits per heavy atom. The maximum Gasteiger partial charge on any atom is 0.211 e. The van der Waals surface area contributed by atoms with Gasteiger partial charge in [0.2, 0.25) is 10.0 Å². The number of rotatable bonds is 9. The van der Waals surface area contributed by atoms with E-state index in [9.17, 15) is 8.42 Å².